The predicted octanol–water partition coefficient (Wildman–Crippen LogP) is 2.46. The summed E-state index contributed by atoms with van der Waals surface area (Å²) in [5.41, 5.74) is 0.513. The van der Waals surface area contributed by atoms with Crippen molar-refractivity contribution in [3.8, 4) is 0 Å². The summed E-state index contributed by atoms with van der Waals surface area (Å²) in [6.45, 7) is 1.06. The van der Waals surface area contributed by atoms with Gasteiger partial charge in [0.05, 0.1) is 19.2 Å². The van der Waals surface area contributed by atoms with Crippen molar-refractivity contribution in [1.82, 2.24) is 10.2 Å². The lowest BCUT2D eigenvalue weighted by Gasteiger charge is -2.32. The highest BCUT2D eigenvalue weighted by molar-refractivity contribution is 6.24. The smallest absolute Gasteiger partial charge is 0.329 e. The van der Waals surface area contributed by atoms with Crippen LogP contribution in [-0.2, 0) is 19.1 Å². The molecule has 8 nitrogen and oxygen atoms in total. The van der Waals surface area contributed by atoms with Crippen molar-refractivity contribution in [2.45, 2.75) is 31.7 Å². The number of hydrogen-bond donors (Lipinski definition) is 1. The Hall–Kier alpha value is -3.42. The summed E-state index contributed by atoms with van der Waals surface area (Å²) < 4.78 is 4.71. The van der Waals surface area contributed by atoms with E-state index in [0.29, 0.717) is 38.0 Å². The maximum absolute atomic E-state index is 13.0. The number of piperidine rings is 1. The van der Waals surface area contributed by atoms with Crippen molar-refractivity contribution in [2.24, 2.45) is 5.92 Å². The lowest BCUT2D eigenvalue weighted by atomic mass is 9.93. The molecule has 0 aliphatic carbocycles. The monoisotopic (exact) mass is 423 g/mol. The van der Waals surface area contributed by atoms with Crippen LogP contribution >= 0.6 is 0 Å². The van der Waals surface area contributed by atoms with E-state index in [4.69, 9.17) is 4.74 Å². The van der Waals surface area contributed by atoms with E-state index in [-0.39, 0.29) is 24.2 Å². The first-order chi connectivity index (χ1) is 15.0. The van der Waals surface area contributed by atoms with Gasteiger partial charge in [-0.3, -0.25) is 14.4 Å². The van der Waals surface area contributed by atoms with E-state index in [1.54, 1.807) is 17.0 Å². The number of rotatable bonds is 5. The molecule has 1 N–H and O–H groups in total. The van der Waals surface area contributed by atoms with Crippen LogP contribution in [0.3, 0.4) is 0 Å². The first-order valence-electron chi connectivity index (χ1n) is 10.4. The second-order valence-electron chi connectivity index (χ2n) is 7.98. The average Bonchev–Trinajstić information content (AvgIpc) is 3.06. The van der Waals surface area contributed by atoms with E-state index in [1.807, 2.05) is 30.3 Å². The van der Waals surface area contributed by atoms with E-state index in [0.717, 1.165) is 15.7 Å². The largest absolute Gasteiger partial charge is 0.469 e. The van der Waals surface area contributed by atoms with E-state index >= 15 is 0 Å². The van der Waals surface area contributed by atoms with Crippen molar-refractivity contribution in [3.63, 3.8) is 0 Å². The maximum Gasteiger partial charge on any atom is 0.329 e. The van der Waals surface area contributed by atoms with Crippen molar-refractivity contribution in [1.29, 1.82) is 0 Å². The minimum atomic E-state index is -0.883. The van der Waals surface area contributed by atoms with Crippen LogP contribution in [0.1, 0.15) is 25.7 Å². The molecule has 2 aromatic rings. The van der Waals surface area contributed by atoms with Crippen molar-refractivity contribution in [2.75, 3.05) is 25.1 Å². The van der Waals surface area contributed by atoms with Gasteiger partial charge < -0.3 is 15.0 Å². The number of nitrogens with one attached hydrogen (secondary N) is 1. The Morgan fingerprint density at radius 2 is 1.74 bits per heavy atom. The Kier molecular flexibility index (Phi) is 5.88. The van der Waals surface area contributed by atoms with Crippen LogP contribution in [0.4, 0.5) is 10.5 Å². The number of anilines is 1. The van der Waals surface area contributed by atoms with Crippen LogP contribution in [0, 0.1) is 5.92 Å². The molecule has 0 saturated carbocycles. The molecule has 2 aliphatic heterocycles. The molecule has 2 fully saturated rings. The second-order valence-corrected chi connectivity index (χ2v) is 7.98. The molecule has 31 heavy (non-hydrogen) atoms. The van der Waals surface area contributed by atoms with Crippen molar-refractivity contribution >= 4 is 40.3 Å². The highest BCUT2D eigenvalue weighted by Gasteiger charge is 2.41. The molecule has 0 spiro atoms. The topological polar surface area (TPSA) is 96.0 Å². The van der Waals surface area contributed by atoms with E-state index in [2.05, 4.69) is 5.32 Å². The Bertz CT molecular complexity index is 1020. The number of amides is 4. The number of methoxy groups -OCH3 is 1. The summed E-state index contributed by atoms with van der Waals surface area (Å²) in [7, 11) is 1.37. The lowest BCUT2D eigenvalue weighted by Crippen LogP contribution is -2.43. The zero-order valence-corrected chi connectivity index (χ0v) is 17.4. The molecule has 1 atom stereocenters. The summed E-state index contributed by atoms with van der Waals surface area (Å²) in [4.78, 5) is 52.6. The number of fused-ring (bicyclic) bond motifs is 1. The summed E-state index contributed by atoms with van der Waals surface area (Å²) in [6, 6.07) is 11.6. The number of benzene rings is 2. The minimum Gasteiger partial charge on any atom is -0.469 e. The third-order valence-corrected chi connectivity index (χ3v) is 6.06. The molecule has 2 aromatic carbocycles. The first-order valence-corrected chi connectivity index (χ1v) is 10.4. The normalized spacial score (nSPS) is 19.6. The van der Waals surface area contributed by atoms with Gasteiger partial charge in [-0.25, -0.2) is 9.69 Å². The van der Waals surface area contributed by atoms with Gasteiger partial charge in [-0.15, -0.1) is 0 Å². The lowest BCUT2D eigenvalue weighted by molar-refractivity contribution is -0.142. The summed E-state index contributed by atoms with van der Waals surface area (Å²) in [5, 5.41) is 4.38. The zero-order valence-electron chi connectivity index (χ0n) is 17.4. The van der Waals surface area contributed by atoms with Crippen LogP contribution in [0.5, 0.6) is 0 Å². The van der Waals surface area contributed by atoms with Gasteiger partial charge >= 0.3 is 12.0 Å². The molecular weight excluding hydrogens is 398 g/mol. The number of imide groups is 1. The Morgan fingerprint density at radius 3 is 2.48 bits per heavy atom. The number of urea groups is 1. The highest BCUT2D eigenvalue weighted by atomic mass is 16.5. The standard InChI is InChI=1S/C23H25N3O5/c1-31-21(28)13-15-9-11-25(12-10-15)20(27)14-18-22(29)26(23(30)24-18)19-8-4-6-16-5-2-3-7-17(16)19/h2-8,15,18H,9-14H2,1H3,(H,24,30)/t18-/m1/s1. The summed E-state index contributed by atoms with van der Waals surface area (Å²) >= 11 is 0. The van der Waals surface area contributed by atoms with Gasteiger partial charge in [0, 0.05) is 24.9 Å². The quantitative estimate of drug-likeness (QED) is 0.589. The third-order valence-electron chi connectivity index (χ3n) is 6.06. The van der Waals surface area contributed by atoms with Crippen LogP contribution in [0.15, 0.2) is 42.5 Å². The predicted molar refractivity (Wildman–Crippen MR) is 114 cm³/mol. The molecule has 4 amide bonds. The van der Waals surface area contributed by atoms with E-state index < -0.39 is 18.0 Å². The third kappa shape index (κ3) is 4.23. The van der Waals surface area contributed by atoms with Gasteiger partial charge in [-0.05, 0) is 30.2 Å². The molecule has 2 saturated heterocycles. The summed E-state index contributed by atoms with van der Waals surface area (Å²) in [6.07, 6.45) is 1.71. The minimum absolute atomic E-state index is 0.0759. The molecule has 162 valence electrons. The number of carbonyl (C=O) groups is 4. The number of nitrogens with zero attached hydrogens (tertiary/aromatic N) is 2. The Labute approximate surface area is 180 Å². The number of hydrogen-bond acceptors (Lipinski definition) is 5. The zero-order chi connectivity index (χ0) is 22.0. The van der Waals surface area contributed by atoms with Crippen LogP contribution in [-0.4, -0.2) is 55.0 Å². The molecule has 8 heteroatoms. The van der Waals surface area contributed by atoms with Gasteiger partial charge in [0.25, 0.3) is 5.91 Å². The fraction of sp³-hybridized carbons (Fsp3) is 0.391. The van der Waals surface area contributed by atoms with Crippen molar-refractivity contribution < 1.29 is 23.9 Å². The van der Waals surface area contributed by atoms with Gasteiger partial charge in [-0.2, -0.15) is 0 Å². The highest BCUT2D eigenvalue weighted by Crippen LogP contribution is 2.30. The van der Waals surface area contributed by atoms with Crippen LogP contribution < -0.4 is 10.2 Å². The fourth-order valence-corrected chi connectivity index (χ4v) is 4.31. The molecule has 0 unspecified atom stereocenters. The van der Waals surface area contributed by atoms with Crippen molar-refractivity contribution in [3.05, 3.63) is 42.5 Å². The number of carbonyl (C=O) groups excluding carboxylic acids is 4. The van der Waals surface area contributed by atoms with Gasteiger partial charge in [0.2, 0.25) is 5.91 Å². The van der Waals surface area contributed by atoms with Crippen LogP contribution in [0.2, 0.25) is 0 Å². The average molecular weight is 423 g/mol. The first kappa shape index (κ1) is 20.8. The molecule has 0 aromatic heterocycles. The summed E-state index contributed by atoms with van der Waals surface area (Å²) in [5.74, 6) is -0.631. The molecule has 0 radical (unpaired) electrons. The van der Waals surface area contributed by atoms with Crippen LogP contribution in [0.25, 0.3) is 10.8 Å². The molecule has 2 aliphatic rings. The van der Waals surface area contributed by atoms with E-state index in [1.165, 1.54) is 7.11 Å². The Morgan fingerprint density at radius 1 is 1.03 bits per heavy atom. The molecular formula is C23H25N3O5. The van der Waals surface area contributed by atoms with Gasteiger partial charge in [-0.1, -0.05) is 36.4 Å². The number of ether oxygens (including phenoxy) is 1. The molecule has 4 rings (SSSR count). The van der Waals surface area contributed by atoms with Gasteiger partial charge in [0.1, 0.15) is 6.04 Å². The second kappa shape index (κ2) is 8.75. The van der Waals surface area contributed by atoms with Gasteiger partial charge in [0.15, 0.2) is 0 Å². The van der Waals surface area contributed by atoms with E-state index in [9.17, 15) is 19.2 Å². The number of likely N-dealkylation sites (tertiary alicyclic amines) is 1. The Balaban J connectivity index is 1.40. The maximum atomic E-state index is 13.0. The molecule has 0 bridgehead atoms. The SMILES string of the molecule is COC(=O)CC1CCN(C(=O)C[C@H]2NC(=O)N(c3cccc4ccccc34)C2=O)CC1. The fourth-order valence-electron chi connectivity index (χ4n) is 4.31. The number of esters is 1. The molecule has 2 heterocycles.